The number of pyridine rings is 1. The summed E-state index contributed by atoms with van der Waals surface area (Å²) in [7, 11) is 0. The second-order valence-corrected chi connectivity index (χ2v) is 7.42. The lowest BCUT2D eigenvalue weighted by Crippen LogP contribution is -2.36. The lowest BCUT2D eigenvalue weighted by molar-refractivity contribution is 0.0729. The number of amides is 1. The third-order valence-electron chi connectivity index (χ3n) is 5.03. The molecule has 0 saturated carbocycles. The third kappa shape index (κ3) is 4.34. The molecule has 1 N–H and O–H groups in total. The van der Waals surface area contributed by atoms with E-state index >= 15 is 0 Å². The van der Waals surface area contributed by atoms with Crippen molar-refractivity contribution in [3.63, 3.8) is 0 Å². The molecule has 28 heavy (non-hydrogen) atoms. The summed E-state index contributed by atoms with van der Waals surface area (Å²) >= 11 is 6.03. The topological polar surface area (TPSA) is 45.2 Å². The molecule has 1 aromatic heterocycles. The average Bonchev–Trinajstić information content (AvgIpc) is 2.73. The zero-order valence-corrected chi connectivity index (χ0v) is 16.3. The number of nitrogens with one attached hydrogen (secondary N) is 1. The van der Waals surface area contributed by atoms with Crippen LogP contribution >= 0.6 is 11.6 Å². The van der Waals surface area contributed by atoms with Gasteiger partial charge >= 0.3 is 0 Å². The van der Waals surface area contributed by atoms with Gasteiger partial charge < -0.3 is 10.2 Å². The molecule has 0 bridgehead atoms. The first-order chi connectivity index (χ1) is 13.7. The summed E-state index contributed by atoms with van der Waals surface area (Å²) in [6.07, 6.45) is 3.43. The largest absolute Gasteiger partial charge is 0.385 e. The molecule has 2 heterocycles. The number of anilines is 1. The fourth-order valence-corrected chi connectivity index (χ4v) is 3.75. The quantitative estimate of drug-likeness (QED) is 0.692. The number of hydrogen-bond donors (Lipinski definition) is 1. The first-order valence-electron chi connectivity index (χ1n) is 9.49. The Morgan fingerprint density at radius 2 is 1.93 bits per heavy atom. The normalized spacial score (nSPS) is 13.1. The Kier molecular flexibility index (Phi) is 5.58. The van der Waals surface area contributed by atoms with Crippen molar-refractivity contribution in [2.75, 3.05) is 18.4 Å². The molecule has 2 aromatic carbocycles. The molecule has 0 unspecified atom stereocenters. The number of aromatic nitrogens is 1. The molecule has 5 heteroatoms. The van der Waals surface area contributed by atoms with E-state index in [1.54, 1.807) is 6.20 Å². The van der Waals surface area contributed by atoms with Gasteiger partial charge in [0.1, 0.15) is 5.69 Å². The summed E-state index contributed by atoms with van der Waals surface area (Å²) in [6, 6.07) is 19.9. The number of rotatable bonds is 5. The third-order valence-corrected chi connectivity index (χ3v) is 5.26. The van der Waals surface area contributed by atoms with E-state index in [1.165, 1.54) is 16.7 Å². The molecule has 4 rings (SSSR count). The van der Waals surface area contributed by atoms with E-state index < -0.39 is 0 Å². The number of fused-ring (bicyclic) bond motifs is 1. The minimum Gasteiger partial charge on any atom is -0.385 e. The highest BCUT2D eigenvalue weighted by Gasteiger charge is 2.22. The number of halogens is 1. The second kappa shape index (κ2) is 8.44. The van der Waals surface area contributed by atoms with Crippen LogP contribution in [0.4, 0.5) is 5.69 Å². The molecule has 0 saturated heterocycles. The highest BCUT2D eigenvalue weighted by molar-refractivity contribution is 6.30. The lowest BCUT2D eigenvalue weighted by atomic mass is 10.00. The van der Waals surface area contributed by atoms with Gasteiger partial charge in [-0.15, -0.1) is 0 Å². The van der Waals surface area contributed by atoms with Crippen LogP contribution in [-0.4, -0.2) is 28.9 Å². The summed E-state index contributed by atoms with van der Waals surface area (Å²) in [5.41, 5.74) is 5.11. The van der Waals surface area contributed by atoms with Gasteiger partial charge in [-0.25, -0.2) is 0 Å². The molecule has 0 spiro atoms. The van der Waals surface area contributed by atoms with E-state index in [4.69, 9.17) is 11.6 Å². The average molecular weight is 392 g/mol. The van der Waals surface area contributed by atoms with Gasteiger partial charge in [-0.3, -0.25) is 9.78 Å². The molecular formula is C23H22ClN3O. The van der Waals surface area contributed by atoms with Crippen LogP contribution in [0.5, 0.6) is 0 Å². The van der Waals surface area contributed by atoms with Crippen LogP contribution in [0.25, 0.3) is 0 Å². The number of nitrogens with zero attached hydrogens (tertiary/aromatic N) is 2. The second-order valence-electron chi connectivity index (χ2n) is 6.98. The van der Waals surface area contributed by atoms with Gasteiger partial charge in [-0.05, 0) is 53.8 Å². The van der Waals surface area contributed by atoms with Gasteiger partial charge in [0, 0.05) is 36.5 Å². The van der Waals surface area contributed by atoms with Crippen LogP contribution in [0.1, 0.15) is 27.2 Å². The number of carbonyl (C=O) groups is 1. The molecule has 3 aromatic rings. The fourth-order valence-electron chi connectivity index (χ4n) is 3.53. The van der Waals surface area contributed by atoms with Gasteiger partial charge in [0.05, 0.1) is 0 Å². The number of hydrogen-bond acceptors (Lipinski definition) is 3. The fraction of sp³-hybridized carbons (Fsp3) is 0.217. The molecule has 1 amide bonds. The summed E-state index contributed by atoms with van der Waals surface area (Å²) in [4.78, 5) is 19.1. The Balaban J connectivity index is 1.39. The first-order valence-corrected chi connectivity index (χ1v) is 9.87. The summed E-state index contributed by atoms with van der Waals surface area (Å²) in [5.74, 6) is -0.0204. The molecule has 0 radical (unpaired) electrons. The maximum atomic E-state index is 12.9. The predicted molar refractivity (Wildman–Crippen MR) is 113 cm³/mol. The zero-order chi connectivity index (χ0) is 19.3. The molecule has 0 aliphatic carbocycles. The Morgan fingerprint density at radius 3 is 2.79 bits per heavy atom. The van der Waals surface area contributed by atoms with Crippen LogP contribution < -0.4 is 5.32 Å². The van der Waals surface area contributed by atoms with Crippen LogP contribution in [0.3, 0.4) is 0 Å². The number of benzene rings is 2. The van der Waals surface area contributed by atoms with E-state index in [2.05, 4.69) is 34.6 Å². The Labute approximate surface area is 170 Å². The van der Waals surface area contributed by atoms with Crippen molar-refractivity contribution in [1.82, 2.24) is 9.88 Å². The van der Waals surface area contributed by atoms with Gasteiger partial charge in [-0.1, -0.05) is 48.0 Å². The molecule has 4 nitrogen and oxygen atoms in total. The molecule has 1 aliphatic heterocycles. The van der Waals surface area contributed by atoms with Crippen molar-refractivity contribution in [1.29, 1.82) is 0 Å². The van der Waals surface area contributed by atoms with Gasteiger partial charge in [0.15, 0.2) is 0 Å². The molecule has 0 fully saturated rings. The minimum absolute atomic E-state index is 0.0204. The molecule has 142 valence electrons. The Bertz CT molecular complexity index is 989. The molecule has 0 atom stereocenters. The maximum Gasteiger partial charge on any atom is 0.272 e. The first kappa shape index (κ1) is 18.5. The van der Waals surface area contributed by atoms with Crippen molar-refractivity contribution in [3.8, 4) is 0 Å². The zero-order valence-electron chi connectivity index (χ0n) is 15.6. The van der Waals surface area contributed by atoms with E-state index in [-0.39, 0.29) is 5.91 Å². The van der Waals surface area contributed by atoms with E-state index in [0.717, 1.165) is 36.6 Å². The predicted octanol–water partition coefficient (Wildman–Crippen LogP) is 4.59. The van der Waals surface area contributed by atoms with Crippen molar-refractivity contribution >= 4 is 23.2 Å². The number of carbonyl (C=O) groups excluding carboxylic acids is 1. The van der Waals surface area contributed by atoms with Crippen LogP contribution in [-0.2, 0) is 19.4 Å². The van der Waals surface area contributed by atoms with Crippen molar-refractivity contribution in [3.05, 3.63) is 94.3 Å². The van der Waals surface area contributed by atoms with Gasteiger partial charge in [0.2, 0.25) is 0 Å². The Morgan fingerprint density at radius 1 is 1.07 bits per heavy atom. The maximum absolute atomic E-state index is 12.9. The van der Waals surface area contributed by atoms with Gasteiger partial charge in [-0.2, -0.15) is 0 Å². The highest BCUT2D eigenvalue weighted by Crippen LogP contribution is 2.20. The van der Waals surface area contributed by atoms with E-state index in [9.17, 15) is 4.79 Å². The smallest absolute Gasteiger partial charge is 0.272 e. The monoisotopic (exact) mass is 391 g/mol. The summed E-state index contributed by atoms with van der Waals surface area (Å²) in [6.45, 7) is 2.13. The van der Waals surface area contributed by atoms with Crippen molar-refractivity contribution in [2.24, 2.45) is 0 Å². The minimum atomic E-state index is -0.0204. The lowest BCUT2D eigenvalue weighted by Gasteiger charge is -2.28. The molecule has 1 aliphatic rings. The standard InChI is InChI=1S/C23H22ClN3O/c24-20-7-3-4-17(14-20)8-11-25-21-9-12-26-22(15-21)23(28)27-13-10-18-5-1-2-6-19(18)16-27/h1-7,9,12,14-15H,8,10-11,13,16H2,(H,25,26). The van der Waals surface area contributed by atoms with Crippen molar-refractivity contribution < 1.29 is 4.79 Å². The van der Waals surface area contributed by atoms with Crippen LogP contribution in [0.2, 0.25) is 5.02 Å². The summed E-state index contributed by atoms with van der Waals surface area (Å²) in [5, 5.41) is 4.12. The van der Waals surface area contributed by atoms with E-state index in [1.807, 2.05) is 41.3 Å². The van der Waals surface area contributed by atoms with Crippen LogP contribution in [0, 0.1) is 0 Å². The summed E-state index contributed by atoms with van der Waals surface area (Å²) < 4.78 is 0. The molecular weight excluding hydrogens is 370 g/mol. The van der Waals surface area contributed by atoms with Crippen molar-refractivity contribution in [2.45, 2.75) is 19.4 Å². The van der Waals surface area contributed by atoms with Gasteiger partial charge in [0.25, 0.3) is 5.91 Å². The Hall–Kier alpha value is -2.85. The SMILES string of the molecule is O=C(c1cc(NCCc2cccc(Cl)c2)ccn1)N1CCc2ccccc2C1. The van der Waals surface area contributed by atoms with Crippen LogP contribution in [0.15, 0.2) is 66.9 Å². The van der Waals surface area contributed by atoms with E-state index in [0.29, 0.717) is 12.2 Å². The highest BCUT2D eigenvalue weighted by atomic mass is 35.5.